The van der Waals surface area contributed by atoms with Crippen LogP contribution in [0.2, 0.25) is 0 Å². The Balaban J connectivity index is 2.33. The average Bonchev–Trinajstić information content (AvgIpc) is 2.70. The summed E-state index contributed by atoms with van der Waals surface area (Å²) < 4.78 is 31.1. The van der Waals surface area contributed by atoms with Crippen LogP contribution in [0, 0.1) is 10.1 Å². The summed E-state index contributed by atoms with van der Waals surface area (Å²) in [7, 11) is -2.34. The molecule has 1 N–H and O–H groups in total. The molecule has 30 heavy (non-hydrogen) atoms. The van der Waals surface area contributed by atoms with Crippen molar-refractivity contribution < 1.29 is 22.9 Å². The van der Waals surface area contributed by atoms with Crippen LogP contribution in [0.1, 0.15) is 31.9 Å². The zero-order valence-corrected chi connectivity index (χ0v) is 18.0. The maximum Gasteiger partial charge on any atom is 0.271 e. The molecule has 0 unspecified atom stereocenters. The number of hydrogen-bond acceptors (Lipinski definition) is 6. The van der Waals surface area contributed by atoms with Gasteiger partial charge in [-0.2, -0.15) is 0 Å². The molecule has 0 aromatic heterocycles. The Morgan fingerprint density at radius 2 is 1.87 bits per heavy atom. The van der Waals surface area contributed by atoms with Crippen LogP contribution in [0.25, 0.3) is 0 Å². The number of carbonyl (C=O) groups excluding carboxylic acids is 1. The summed E-state index contributed by atoms with van der Waals surface area (Å²) in [4.78, 5) is 23.5. The number of nitrogens with zero attached hydrogens (tertiary/aromatic N) is 2. The van der Waals surface area contributed by atoms with Crippen LogP contribution < -0.4 is 14.4 Å². The molecular formula is C20H25N3O6S. The van der Waals surface area contributed by atoms with Crippen molar-refractivity contribution in [3.8, 4) is 5.75 Å². The molecule has 9 nitrogen and oxygen atoms in total. The first-order valence-corrected chi connectivity index (χ1v) is 11.1. The SMILES string of the molecule is CC[C@H](C(=O)N[C@H](C)c1ccc(OC)cc1)N(c1cccc([N+](=O)[O-])c1)S(C)(=O)=O. The Bertz CT molecular complexity index is 1010. The van der Waals surface area contributed by atoms with Crippen LogP contribution in [-0.4, -0.2) is 38.7 Å². The fourth-order valence-corrected chi connectivity index (χ4v) is 4.29. The number of benzene rings is 2. The van der Waals surface area contributed by atoms with E-state index in [2.05, 4.69) is 5.32 Å². The van der Waals surface area contributed by atoms with Crippen LogP contribution in [-0.2, 0) is 14.8 Å². The fraction of sp³-hybridized carbons (Fsp3) is 0.350. The molecule has 10 heteroatoms. The molecule has 1 amide bonds. The van der Waals surface area contributed by atoms with Crippen LogP contribution in [0.5, 0.6) is 5.75 Å². The van der Waals surface area contributed by atoms with E-state index in [1.54, 1.807) is 45.2 Å². The number of sulfonamides is 1. The van der Waals surface area contributed by atoms with Crippen molar-refractivity contribution in [1.29, 1.82) is 0 Å². The highest BCUT2D eigenvalue weighted by Gasteiger charge is 2.32. The number of ether oxygens (including phenoxy) is 1. The molecule has 162 valence electrons. The van der Waals surface area contributed by atoms with Gasteiger partial charge in [0, 0.05) is 12.1 Å². The summed E-state index contributed by atoms with van der Waals surface area (Å²) in [5.74, 6) is 0.176. The zero-order chi connectivity index (χ0) is 22.5. The van der Waals surface area contributed by atoms with Gasteiger partial charge >= 0.3 is 0 Å². The minimum Gasteiger partial charge on any atom is -0.497 e. The summed E-state index contributed by atoms with van der Waals surface area (Å²) in [6, 6.07) is 10.9. The lowest BCUT2D eigenvalue weighted by Crippen LogP contribution is -2.49. The van der Waals surface area contributed by atoms with Crippen molar-refractivity contribution in [1.82, 2.24) is 5.32 Å². The molecule has 0 radical (unpaired) electrons. The second kappa shape index (κ2) is 9.57. The molecule has 0 spiro atoms. The van der Waals surface area contributed by atoms with E-state index in [4.69, 9.17) is 4.74 Å². The van der Waals surface area contributed by atoms with Gasteiger partial charge in [0.1, 0.15) is 11.8 Å². The minimum atomic E-state index is -3.89. The normalized spacial score (nSPS) is 13.2. The lowest BCUT2D eigenvalue weighted by molar-refractivity contribution is -0.384. The Labute approximate surface area is 175 Å². The van der Waals surface area contributed by atoms with E-state index in [-0.39, 0.29) is 23.8 Å². The van der Waals surface area contributed by atoms with Crippen LogP contribution >= 0.6 is 0 Å². The Morgan fingerprint density at radius 3 is 2.37 bits per heavy atom. The Hall–Kier alpha value is -3.14. The first-order chi connectivity index (χ1) is 14.1. The standard InChI is InChI=1S/C20H25N3O6S/c1-5-19(20(24)21-14(2)15-9-11-18(29-3)12-10-15)22(30(4,27)28)16-7-6-8-17(13-16)23(25)26/h6-14,19H,5H2,1-4H3,(H,21,24)/t14-,19-/m1/s1. The number of anilines is 1. The van der Waals surface area contributed by atoms with Crippen molar-refractivity contribution >= 4 is 27.3 Å². The van der Waals surface area contributed by atoms with E-state index < -0.39 is 26.9 Å². The second-order valence-electron chi connectivity index (χ2n) is 6.76. The topological polar surface area (TPSA) is 119 Å². The van der Waals surface area contributed by atoms with Gasteiger partial charge in [0.05, 0.1) is 30.0 Å². The highest BCUT2D eigenvalue weighted by Crippen LogP contribution is 2.27. The lowest BCUT2D eigenvalue weighted by Gasteiger charge is -2.31. The number of hydrogen-bond donors (Lipinski definition) is 1. The molecule has 0 aliphatic carbocycles. The molecule has 0 bridgehead atoms. The molecule has 0 saturated heterocycles. The van der Waals surface area contributed by atoms with Crippen LogP contribution in [0.15, 0.2) is 48.5 Å². The predicted molar refractivity (Wildman–Crippen MR) is 114 cm³/mol. The van der Waals surface area contributed by atoms with Gasteiger partial charge in [0.15, 0.2) is 0 Å². The number of non-ortho nitro benzene ring substituents is 1. The van der Waals surface area contributed by atoms with Gasteiger partial charge in [0.2, 0.25) is 15.9 Å². The summed E-state index contributed by atoms with van der Waals surface area (Å²) in [5, 5.41) is 13.9. The van der Waals surface area contributed by atoms with E-state index in [9.17, 15) is 23.3 Å². The van der Waals surface area contributed by atoms with Crippen molar-refractivity contribution in [2.24, 2.45) is 0 Å². The Kier molecular flexibility index (Phi) is 7.38. The number of rotatable bonds is 9. The van der Waals surface area contributed by atoms with Crippen molar-refractivity contribution in [2.75, 3.05) is 17.7 Å². The molecule has 2 aromatic carbocycles. The zero-order valence-electron chi connectivity index (χ0n) is 17.2. The predicted octanol–water partition coefficient (Wildman–Crippen LogP) is 3.03. The van der Waals surface area contributed by atoms with E-state index >= 15 is 0 Å². The van der Waals surface area contributed by atoms with Crippen LogP contribution in [0.3, 0.4) is 0 Å². The maximum absolute atomic E-state index is 13.0. The van der Waals surface area contributed by atoms with Gasteiger partial charge in [-0.3, -0.25) is 19.2 Å². The third kappa shape index (κ3) is 5.47. The molecule has 0 fully saturated rings. The number of amides is 1. The minimum absolute atomic E-state index is 0.0609. The highest BCUT2D eigenvalue weighted by atomic mass is 32.2. The number of methoxy groups -OCH3 is 1. The van der Waals surface area contributed by atoms with Gasteiger partial charge < -0.3 is 10.1 Å². The largest absolute Gasteiger partial charge is 0.497 e. The molecule has 0 aliphatic rings. The first-order valence-electron chi connectivity index (χ1n) is 9.26. The molecule has 0 heterocycles. The lowest BCUT2D eigenvalue weighted by atomic mass is 10.1. The van der Waals surface area contributed by atoms with Gasteiger partial charge in [-0.1, -0.05) is 25.1 Å². The van der Waals surface area contributed by atoms with Gasteiger partial charge in [0.25, 0.3) is 5.69 Å². The van der Waals surface area contributed by atoms with E-state index in [1.165, 1.54) is 18.2 Å². The summed E-state index contributed by atoms with van der Waals surface area (Å²) in [6.45, 7) is 3.46. The van der Waals surface area contributed by atoms with Crippen LogP contribution in [0.4, 0.5) is 11.4 Å². The molecule has 0 saturated carbocycles. The average molecular weight is 436 g/mol. The van der Waals surface area contributed by atoms with Gasteiger partial charge in [-0.15, -0.1) is 0 Å². The van der Waals surface area contributed by atoms with Crippen molar-refractivity contribution in [2.45, 2.75) is 32.4 Å². The highest BCUT2D eigenvalue weighted by molar-refractivity contribution is 7.92. The third-order valence-corrected chi connectivity index (χ3v) is 5.78. The second-order valence-corrected chi connectivity index (χ2v) is 8.62. The maximum atomic E-state index is 13.0. The summed E-state index contributed by atoms with van der Waals surface area (Å²) >= 11 is 0. The first kappa shape index (κ1) is 23.1. The van der Waals surface area contributed by atoms with Gasteiger partial charge in [-0.05, 0) is 37.1 Å². The molecule has 2 rings (SSSR count). The number of nitro groups is 1. The van der Waals surface area contributed by atoms with Gasteiger partial charge in [-0.25, -0.2) is 8.42 Å². The monoisotopic (exact) mass is 435 g/mol. The van der Waals surface area contributed by atoms with E-state index in [0.29, 0.717) is 5.75 Å². The van der Waals surface area contributed by atoms with Crippen molar-refractivity contribution in [3.05, 3.63) is 64.2 Å². The molecule has 0 aliphatic heterocycles. The number of nitro benzene ring substituents is 1. The molecule has 2 atom stereocenters. The smallest absolute Gasteiger partial charge is 0.271 e. The van der Waals surface area contributed by atoms with E-state index in [0.717, 1.165) is 22.2 Å². The summed E-state index contributed by atoms with van der Waals surface area (Å²) in [6.07, 6.45) is 1.14. The van der Waals surface area contributed by atoms with Crippen molar-refractivity contribution in [3.63, 3.8) is 0 Å². The Morgan fingerprint density at radius 1 is 1.23 bits per heavy atom. The quantitative estimate of drug-likeness (QED) is 0.478. The van der Waals surface area contributed by atoms with E-state index in [1.807, 2.05) is 0 Å². The summed E-state index contributed by atoms with van der Waals surface area (Å²) in [5.41, 5.74) is 0.620. The fourth-order valence-electron chi connectivity index (χ4n) is 3.09. The third-order valence-electron chi connectivity index (χ3n) is 4.60. The molecular weight excluding hydrogens is 410 g/mol. The molecule has 2 aromatic rings. The number of carbonyl (C=O) groups is 1. The number of nitrogens with one attached hydrogen (secondary N) is 1.